The van der Waals surface area contributed by atoms with Crippen molar-refractivity contribution >= 4 is 17.3 Å². The summed E-state index contributed by atoms with van der Waals surface area (Å²) >= 11 is 0. The lowest BCUT2D eigenvalue weighted by Gasteiger charge is -2.09. The first-order valence-electron chi connectivity index (χ1n) is 5.61. The Labute approximate surface area is 109 Å². The van der Waals surface area contributed by atoms with Gasteiger partial charge in [0.25, 0.3) is 5.69 Å². The number of carboxylic acid groups (broad SMARTS) is 1. The molecule has 0 aromatic heterocycles. The molecule has 100 valence electrons. The van der Waals surface area contributed by atoms with Crippen LogP contribution in [0.5, 0.6) is 0 Å². The minimum absolute atomic E-state index is 0.00514. The van der Waals surface area contributed by atoms with E-state index >= 15 is 0 Å². The summed E-state index contributed by atoms with van der Waals surface area (Å²) in [6.45, 7) is 1.97. The van der Waals surface area contributed by atoms with Gasteiger partial charge < -0.3 is 10.4 Å². The van der Waals surface area contributed by atoms with E-state index in [2.05, 4.69) is 5.32 Å². The van der Waals surface area contributed by atoms with Crippen LogP contribution in [-0.2, 0) is 4.79 Å². The first-order valence-corrected chi connectivity index (χ1v) is 5.61. The Hall–Kier alpha value is -2.62. The zero-order valence-electron chi connectivity index (χ0n) is 10.3. The number of nitrogens with one attached hydrogen (secondary N) is 1. The van der Waals surface area contributed by atoms with E-state index in [0.717, 1.165) is 0 Å². The predicted octanol–water partition coefficient (Wildman–Crippen LogP) is 1.99. The average Bonchev–Trinajstić information content (AvgIpc) is 2.38. The summed E-state index contributed by atoms with van der Waals surface area (Å²) in [5.74, 6) is -1.37. The van der Waals surface area contributed by atoms with E-state index in [1.165, 1.54) is 12.1 Å². The molecule has 0 aliphatic rings. The first kappa shape index (κ1) is 14.4. The number of nitro groups is 1. The molecule has 0 amide bonds. The number of nitriles is 1. The molecule has 0 saturated heterocycles. The first-order chi connectivity index (χ1) is 8.95. The smallest absolute Gasteiger partial charge is 0.306 e. The number of carbonyl (C=O) groups is 1. The van der Waals surface area contributed by atoms with Crippen molar-refractivity contribution in [1.29, 1.82) is 5.26 Å². The molecule has 0 radical (unpaired) electrons. The second kappa shape index (κ2) is 6.35. The highest BCUT2D eigenvalue weighted by Crippen LogP contribution is 2.22. The molecule has 0 aliphatic heterocycles. The maximum absolute atomic E-state index is 10.8. The van der Waals surface area contributed by atoms with E-state index in [1.807, 2.05) is 0 Å². The highest BCUT2D eigenvalue weighted by Gasteiger charge is 2.14. The normalized spacial score (nSPS) is 11.4. The minimum Gasteiger partial charge on any atom is -0.481 e. The summed E-state index contributed by atoms with van der Waals surface area (Å²) in [5.41, 5.74) is 0.219. The summed E-state index contributed by atoms with van der Waals surface area (Å²) in [6, 6.07) is 5.93. The average molecular weight is 263 g/mol. The zero-order valence-corrected chi connectivity index (χ0v) is 10.3. The Balaban J connectivity index is 2.71. The lowest BCUT2D eigenvalue weighted by molar-refractivity contribution is -0.385. The largest absolute Gasteiger partial charge is 0.481 e. The van der Waals surface area contributed by atoms with Crippen LogP contribution >= 0.6 is 0 Å². The predicted molar refractivity (Wildman–Crippen MR) is 67.7 cm³/mol. The van der Waals surface area contributed by atoms with E-state index in [4.69, 9.17) is 10.4 Å². The molecule has 19 heavy (non-hydrogen) atoms. The Bertz CT molecular complexity index is 536. The van der Waals surface area contributed by atoms with Gasteiger partial charge >= 0.3 is 5.97 Å². The summed E-state index contributed by atoms with van der Waals surface area (Å²) in [7, 11) is 0. The van der Waals surface area contributed by atoms with E-state index in [9.17, 15) is 14.9 Å². The molecule has 0 aliphatic carbocycles. The molecule has 2 N–H and O–H groups in total. The van der Waals surface area contributed by atoms with E-state index < -0.39 is 16.8 Å². The fourth-order valence-corrected chi connectivity index (χ4v) is 1.44. The van der Waals surface area contributed by atoms with Crippen molar-refractivity contribution < 1.29 is 14.8 Å². The molecule has 1 atom stereocenters. The highest BCUT2D eigenvalue weighted by atomic mass is 16.6. The van der Waals surface area contributed by atoms with Crippen molar-refractivity contribution in [2.75, 3.05) is 11.9 Å². The number of nitro benzene ring substituents is 1. The van der Waals surface area contributed by atoms with Crippen LogP contribution in [0.3, 0.4) is 0 Å². The summed E-state index contributed by atoms with van der Waals surface area (Å²) in [4.78, 5) is 20.7. The Morgan fingerprint density at radius 1 is 1.63 bits per heavy atom. The fourth-order valence-electron chi connectivity index (χ4n) is 1.44. The van der Waals surface area contributed by atoms with Gasteiger partial charge in [-0.15, -0.1) is 0 Å². The van der Waals surface area contributed by atoms with E-state index in [1.54, 1.807) is 19.1 Å². The van der Waals surface area contributed by atoms with Gasteiger partial charge in [-0.25, -0.2) is 0 Å². The van der Waals surface area contributed by atoms with Crippen LogP contribution in [0.2, 0.25) is 0 Å². The molecule has 7 heteroatoms. The van der Waals surface area contributed by atoms with Gasteiger partial charge in [0.15, 0.2) is 0 Å². The van der Waals surface area contributed by atoms with Crippen LogP contribution in [0.25, 0.3) is 0 Å². The summed E-state index contributed by atoms with van der Waals surface area (Å²) < 4.78 is 0. The summed E-state index contributed by atoms with van der Waals surface area (Å²) in [5, 5.41) is 31.1. The fraction of sp³-hybridized carbons (Fsp3) is 0.333. The number of rotatable bonds is 6. The van der Waals surface area contributed by atoms with Crippen LogP contribution < -0.4 is 5.32 Å². The lowest BCUT2D eigenvalue weighted by Crippen LogP contribution is -2.14. The Morgan fingerprint density at radius 3 is 2.84 bits per heavy atom. The van der Waals surface area contributed by atoms with Gasteiger partial charge in [0.05, 0.1) is 10.8 Å². The van der Waals surface area contributed by atoms with Crippen LogP contribution in [0, 0.1) is 27.4 Å². The monoisotopic (exact) mass is 263 g/mol. The Kier molecular flexibility index (Phi) is 4.83. The topological polar surface area (TPSA) is 116 Å². The van der Waals surface area contributed by atoms with Gasteiger partial charge in [-0.05, 0) is 18.6 Å². The quantitative estimate of drug-likeness (QED) is 0.598. The van der Waals surface area contributed by atoms with Gasteiger partial charge in [-0.1, -0.05) is 6.92 Å². The van der Waals surface area contributed by atoms with Crippen molar-refractivity contribution in [3.05, 3.63) is 33.9 Å². The van der Waals surface area contributed by atoms with E-state index in [-0.39, 0.29) is 11.3 Å². The van der Waals surface area contributed by atoms with Crippen LogP contribution in [0.15, 0.2) is 18.2 Å². The van der Waals surface area contributed by atoms with Crippen LogP contribution in [0.1, 0.15) is 18.9 Å². The van der Waals surface area contributed by atoms with Crippen LogP contribution in [0.4, 0.5) is 11.4 Å². The van der Waals surface area contributed by atoms with Crippen molar-refractivity contribution in [3.8, 4) is 6.07 Å². The third-order valence-corrected chi connectivity index (χ3v) is 2.64. The maximum atomic E-state index is 10.8. The SMILES string of the molecule is CC(CCNc1ccc(C#N)c([N+](=O)[O-])c1)C(=O)O. The van der Waals surface area contributed by atoms with Crippen molar-refractivity contribution in [1.82, 2.24) is 0 Å². The van der Waals surface area contributed by atoms with Crippen LogP contribution in [-0.4, -0.2) is 22.5 Å². The molecule has 1 rings (SSSR count). The number of hydrogen-bond donors (Lipinski definition) is 2. The molecule has 0 spiro atoms. The molecule has 0 saturated carbocycles. The number of nitrogens with zero attached hydrogens (tertiary/aromatic N) is 2. The highest BCUT2D eigenvalue weighted by molar-refractivity contribution is 5.69. The number of hydrogen-bond acceptors (Lipinski definition) is 5. The summed E-state index contributed by atoms with van der Waals surface area (Å²) in [6.07, 6.45) is 0.406. The second-order valence-electron chi connectivity index (χ2n) is 4.06. The number of carboxylic acids is 1. The van der Waals surface area contributed by atoms with Crippen molar-refractivity contribution in [3.63, 3.8) is 0 Å². The van der Waals surface area contributed by atoms with Gasteiger partial charge in [0, 0.05) is 18.3 Å². The molecule has 7 nitrogen and oxygen atoms in total. The Morgan fingerprint density at radius 2 is 2.32 bits per heavy atom. The standard InChI is InChI=1S/C12H13N3O4/c1-8(12(16)17)4-5-14-10-3-2-9(7-13)11(6-10)15(18)19/h2-3,6,8,14H,4-5H2,1H3,(H,16,17). The maximum Gasteiger partial charge on any atom is 0.306 e. The second-order valence-corrected chi connectivity index (χ2v) is 4.06. The molecule has 0 fully saturated rings. The number of benzene rings is 1. The van der Waals surface area contributed by atoms with E-state index in [0.29, 0.717) is 18.7 Å². The molecule has 0 bridgehead atoms. The van der Waals surface area contributed by atoms with Crippen molar-refractivity contribution in [2.24, 2.45) is 5.92 Å². The molecule has 1 aromatic carbocycles. The third-order valence-electron chi connectivity index (χ3n) is 2.64. The third kappa shape index (κ3) is 3.96. The van der Waals surface area contributed by atoms with Gasteiger partial charge in [0.2, 0.25) is 0 Å². The number of aliphatic carboxylic acids is 1. The van der Waals surface area contributed by atoms with Gasteiger partial charge in [0.1, 0.15) is 11.6 Å². The minimum atomic E-state index is -0.882. The van der Waals surface area contributed by atoms with Gasteiger partial charge in [-0.3, -0.25) is 14.9 Å². The zero-order chi connectivity index (χ0) is 14.4. The molecule has 1 aromatic rings. The molecule has 0 heterocycles. The van der Waals surface area contributed by atoms with Crippen molar-refractivity contribution in [2.45, 2.75) is 13.3 Å². The molecular weight excluding hydrogens is 250 g/mol. The molecule has 1 unspecified atom stereocenters. The molecular formula is C12H13N3O4. The van der Waals surface area contributed by atoms with Gasteiger partial charge in [-0.2, -0.15) is 5.26 Å². The number of anilines is 1. The lowest BCUT2D eigenvalue weighted by atomic mass is 10.1.